The lowest BCUT2D eigenvalue weighted by molar-refractivity contribution is 0.0591. The molecule has 2 fully saturated rings. The van der Waals surface area contributed by atoms with E-state index in [9.17, 15) is 4.79 Å². The normalized spacial score (nSPS) is 20.4. The van der Waals surface area contributed by atoms with E-state index in [0.717, 1.165) is 47.7 Å². The summed E-state index contributed by atoms with van der Waals surface area (Å²) in [5, 5.41) is 0. The van der Waals surface area contributed by atoms with Gasteiger partial charge in [-0.2, -0.15) is 0 Å². The highest BCUT2D eigenvalue weighted by Gasteiger charge is 2.44. The summed E-state index contributed by atoms with van der Waals surface area (Å²) < 4.78 is 5.56. The highest BCUT2D eigenvalue weighted by Crippen LogP contribution is 2.37. The van der Waals surface area contributed by atoms with Gasteiger partial charge < -0.3 is 14.2 Å². The molecular weight excluding hydrogens is 388 g/mol. The fraction of sp³-hybridized carbons (Fsp3) is 0.240. The van der Waals surface area contributed by atoms with Crippen LogP contribution in [0.1, 0.15) is 16.8 Å². The van der Waals surface area contributed by atoms with Gasteiger partial charge in [0.15, 0.2) is 0 Å². The first kappa shape index (κ1) is 18.1. The van der Waals surface area contributed by atoms with Crippen molar-refractivity contribution < 1.29 is 9.21 Å². The Morgan fingerprint density at radius 1 is 0.968 bits per heavy atom. The number of likely N-dealkylation sites (tertiary alicyclic amines) is 1. The Morgan fingerprint density at radius 3 is 2.68 bits per heavy atom. The summed E-state index contributed by atoms with van der Waals surface area (Å²) >= 11 is 0. The smallest absolute Gasteiger partial charge is 0.254 e. The minimum atomic E-state index is 0.0573. The maximum atomic E-state index is 13.4. The predicted octanol–water partition coefficient (Wildman–Crippen LogP) is 4.24. The van der Waals surface area contributed by atoms with E-state index < -0.39 is 0 Å². The summed E-state index contributed by atoms with van der Waals surface area (Å²) in [6.45, 7) is 2.46. The summed E-state index contributed by atoms with van der Waals surface area (Å²) in [4.78, 5) is 27.1. The molecule has 2 aromatic heterocycles. The highest BCUT2D eigenvalue weighted by molar-refractivity contribution is 6.00. The number of anilines is 1. The number of carbonyl (C=O) groups excluding carboxylic acids is 1. The number of hydrogen-bond donors (Lipinski definition) is 0. The Hall–Kier alpha value is -3.67. The number of carbonyl (C=O) groups is 1. The van der Waals surface area contributed by atoms with Crippen molar-refractivity contribution in [3.63, 3.8) is 0 Å². The summed E-state index contributed by atoms with van der Waals surface area (Å²) in [6, 6.07) is 19.6. The zero-order valence-corrected chi connectivity index (χ0v) is 17.0. The van der Waals surface area contributed by atoms with Crippen molar-refractivity contribution in [3.05, 3.63) is 78.7 Å². The molecule has 2 aliphatic heterocycles. The average Bonchev–Trinajstić information content (AvgIpc) is 3.34. The van der Waals surface area contributed by atoms with E-state index in [-0.39, 0.29) is 11.9 Å². The molecule has 0 bridgehead atoms. The quantitative estimate of drug-likeness (QED) is 0.506. The Bertz CT molecular complexity index is 1250. The van der Waals surface area contributed by atoms with Gasteiger partial charge in [0, 0.05) is 31.1 Å². The molecule has 2 atom stereocenters. The van der Waals surface area contributed by atoms with Crippen LogP contribution in [0.2, 0.25) is 0 Å². The number of aromatic nitrogens is 2. The van der Waals surface area contributed by atoms with E-state index in [0.29, 0.717) is 18.0 Å². The van der Waals surface area contributed by atoms with Crippen molar-refractivity contribution >= 4 is 22.8 Å². The molecule has 2 saturated heterocycles. The molecule has 0 aliphatic carbocycles. The van der Waals surface area contributed by atoms with E-state index in [4.69, 9.17) is 9.40 Å². The van der Waals surface area contributed by atoms with Crippen LogP contribution in [0.15, 0.2) is 77.5 Å². The number of para-hydroxylation sites is 2. The topological polar surface area (TPSA) is 62.5 Å². The second kappa shape index (κ2) is 7.23. The monoisotopic (exact) mass is 410 g/mol. The third-order valence-corrected chi connectivity index (χ3v) is 6.51. The fourth-order valence-electron chi connectivity index (χ4n) is 4.82. The lowest BCUT2D eigenvalue weighted by Gasteiger charge is -2.53. The molecule has 1 amide bonds. The molecule has 2 aromatic carbocycles. The van der Waals surface area contributed by atoms with E-state index in [1.54, 1.807) is 6.26 Å². The van der Waals surface area contributed by atoms with Crippen molar-refractivity contribution in [3.8, 4) is 11.3 Å². The van der Waals surface area contributed by atoms with Crippen molar-refractivity contribution in [2.45, 2.75) is 12.5 Å². The molecule has 6 rings (SSSR count). The van der Waals surface area contributed by atoms with E-state index >= 15 is 0 Å². The Kier molecular flexibility index (Phi) is 4.23. The molecule has 0 saturated carbocycles. The van der Waals surface area contributed by atoms with Crippen LogP contribution >= 0.6 is 0 Å². The number of hydrogen-bond acceptors (Lipinski definition) is 5. The molecular formula is C25H22N4O2. The molecule has 0 unspecified atom stereocenters. The molecule has 154 valence electrons. The zero-order chi connectivity index (χ0) is 20.8. The van der Waals surface area contributed by atoms with Crippen LogP contribution in [0.3, 0.4) is 0 Å². The van der Waals surface area contributed by atoms with Gasteiger partial charge in [-0.1, -0.05) is 30.3 Å². The molecule has 2 aliphatic rings. The molecule has 6 nitrogen and oxygen atoms in total. The zero-order valence-electron chi connectivity index (χ0n) is 17.0. The number of fused-ring (bicyclic) bond motifs is 2. The van der Waals surface area contributed by atoms with E-state index in [2.05, 4.69) is 9.88 Å². The van der Waals surface area contributed by atoms with Crippen LogP contribution < -0.4 is 4.90 Å². The minimum Gasteiger partial charge on any atom is -0.464 e. The van der Waals surface area contributed by atoms with Crippen molar-refractivity contribution in [1.29, 1.82) is 0 Å². The maximum Gasteiger partial charge on any atom is 0.254 e. The van der Waals surface area contributed by atoms with Gasteiger partial charge in [0.05, 0.1) is 35.1 Å². The lowest BCUT2D eigenvalue weighted by atomic mass is 9.82. The van der Waals surface area contributed by atoms with Gasteiger partial charge in [-0.3, -0.25) is 9.78 Å². The predicted molar refractivity (Wildman–Crippen MR) is 119 cm³/mol. The van der Waals surface area contributed by atoms with Crippen LogP contribution in [0.5, 0.6) is 0 Å². The second-order valence-corrected chi connectivity index (χ2v) is 8.26. The molecule has 31 heavy (non-hydrogen) atoms. The third-order valence-electron chi connectivity index (χ3n) is 6.51. The Balaban J connectivity index is 1.25. The summed E-state index contributed by atoms with van der Waals surface area (Å²) in [5.41, 5.74) is 3.33. The summed E-state index contributed by atoms with van der Waals surface area (Å²) in [6.07, 6.45) is 4.50. The number of amides is 1. The summed E-state index contributed by atoms with van der Waals surface area (Å²) in [7, 11) is 0. The Labute approximate surface area is 180 Å². The minimum absolute atomic E-state index is 0.0573. The number of nitrogens with zero attached hydrogens (tertiary/aromatic N) is 4. The van der Waals surface area contributed by atoms with Crippen molar-refractivity contribution in [2.75, 3.05) is 24.5 Å². The third kappa shape index (κ3) is 3.06. The van der Waals surface area contributed by atoms with Crippen LogP contribution in [0.25, 0.3) is 22.4 Å². The highest BCUT2D eigenvalue weighted by atomic mass is 16.3. The molecule has 0 spiro atoms. The van der Waals surface area contributed by atoms with E-state index in [1.807, 2.05) is 71.8 Å². The van der Waals surface area contributed by atoms with E-state index in [1.165, 1.54) is 0 Å². The molecule has 0 N–H and O–H groups in total. The largest absolute Gasteiger partial charge is 0.464 e. The number of rotatable bonds is 3. The average molecular weight is 410 g/mol. The standard InChI is InChI=1S/C25H22N4O2/c30-25(19-7-2-1-6-18(19)23-10-5-13-31-23)28-12-11-17-15-29(22(17)16-28)24-14-26-20-8-3-4-9-21(20)27-24/h1-10,13-14,17,22H,11-12,15-16H2/t17-,22-/m0/s1. The number of furan rings is 1. The van der Waals surface area contributed by atoms with Gasteiger partial charge in [0.2, 0.25) is 0 Å². The second-order valence-electron chi connectivity index (χ2n) is 8.26. The van der Waals surface area contributed by atoms with Crippen LogP contribution in [0, 0.1) is 5.92 Å². The first-order chi connectivity index (χ1) is 15.3. The van der Waals surface area contributed by atoms with Gasteiger partial charge in [0.25, 0.3) is 5.91 Å². The summed E-state index contributed by atoms with van der Waals surface area (Å²) in [5.74, 6) is 2.26. The van der Waals surface area contributed by atoms with Gasteiger partial charge in [-0.15, -0.1) is 0 Å². The van der Waals surface area contributed by atoms with Gasteiger partial charge in [0.1, 0.15) is 11.6 Å². The van der Waals surface area contributed by atoms with Crippen LogP contribution in [-0.4, -0.2) is 46.5 Å². The van der Waals surface area contributed by atoms with Crippen LogP contribution in [-0.2, 0) is 0 Å². The fourth-order valence-corrected chi connectivity index (χ4v) is 4.82. The molecule has 6 heteroatoms. The SMILES string of the molecule is O=C(c1ccccc1-c1ccco1)N1CC[C@H]2CN(c3cnc4ccccc4n3)[C@H]2C1. The molecule has 4 aromatic rings. The maximum absolute atomic E-state index is 13.4. The first-order valence-corrected chi connectivity index (χ1v) is 10.7. The molecule has 4 heterocycles. The number of benzene rings is 2. The van der Waals surface area contributed by atoms with Gasteiger partial charge in [-0.25, -0.2) is 4.98 Å². The van der Waals surface area contributed by atoms with Gasteiger partial charge in [-0.05, 0) is 36.8 Å². The van der Waals surface area contributed by atoms with Crippen molar-refractivity contribution in [1.82, 2.24) is 14.9 Å². The number of piperidine rings is 1. The van der Waals surface area contributed by atoms with Crippen molar-refractivity contribution in [2.24, 2.45) is 5.92 Å². The first-order valence-electron chi connectivity index (χ1n) is 10.7. The van der Waals surface area contributed by atoms with Gasteiger partial charge >= 0.3 is 0 Å². The molecule has 0 radical (unpaired) electrons. The Morgan fingerprint density at radius 2 is 1.81 bits per heavy atom. The van der Waals surface area contributed by atoms with Crippen LogP contribution in [0.4, 0.5) is 5.82 Å². The lowest BCUT2D eigenvalue weighted by Crippen LogP contribution is -2.65.